The number of rotatable bonds is 4. The van der Waals surface area contributed by atoms with Gasteiger partial charge in [-0.1, -0.05) is 19.1 Å². The molecule has 3 aromatic rings. The summed E-state index contributed by atoms with van der Waals surface area (Å²) in [4.78, 5) is 11.2. The summed E-state index contributed by atoms with van der Waals surface area (Å²) in [6, 6.07) is 6.59. The molecule has 0 unspecified atom stereocenters. The van der Waals surface area contributed by atoms with Crippen molar-refractivity contribution < 1.29 is 4.39 Å². The van der Waals surface area contributed by atoms with Gasteiger partial charge in [0.05, 0.1) is 25.0 Å². The lowest BCUT2D eigenvalue weighted by atomic mass is 10.2. The Morgan fingerprint density at radius 3 is 2.68 bits per heavy atom. The molecule has 1 aromatic carbocycles. The van der Waals surface area contributed by atoms with Gasteiger partial charge in [0.15, 0.2) is 0 Å². The topological polar surface area (TPSA) is 46.8 Å². The molecule has 0 fully saturated rings. The van der Waals surface area contributed by atoms with Crippen molar-refractivity contribution in [2.45, 2.75) is 39.9 Å². The number of aryl methyl sites for hydroxylation is 2. The van der Waals surface area contributed by atoms with Gasteiger partial charge < -0.3 is 4.90 Å². The quantitative estimate of drug-likeness (QED) is 0.733. The van der Waals surface area contributed by atoms with Crippen molar-refractivity contribution in [3.8, 4) is 0 Å². The zero-order valence-corrected chi connectivity index (χ0v) is 14.4. The molecule has 5 nitrogen and oxygen atoms in total. The van der Waals surface area contributed by atoms with Crippen LogP contribution in [0, 0.1) is 12.7 Å². The first-order valence-electron chi connectivity index (χ1n) is 8.49. The van der Waals surface area contributed by atoms with Gasteiger partial charge in [-0.15, -0.1) is 0 Å². The molecule has 0 spiro atoms. The van der Waals surface area contributed by atoms with Crippen molar-refractivity contribution in [1.82, 2.24) is 19.7 Å². The van der Waals surface area contributed by atoms with E-state index in [0.717, 1.165) is 42.3 Å². The van der Waals surface area contributed by atoms with Gasteiger partial charge in [-0.2, -0.15) is 5.10 Å². The lowest BCUT2D eigenvalue weighted by molar-refractivity contribution is 0.620. The maximum atomic E-state index is 13.1. The summed E-state index contributed by atoms with van der Waals surface area (Å²) in [5.41, 5.74) is 4.62. The summed E-state index contributed by atoms with van der Waals surface area (Å²) >= 11 is 0. The fourth-order valence-corrected chi connectivity index (χ4v) is 3.26. The standard InChI is InChI=1S/C19H20FN5/c1-3-15-8-21-13(2)23-19(15)24-11-16-9-22-25(18(16)12-24)10-14-4-6-17(20)7-5-14/h4-9H,3,10-12H2,1-2H3. The Balaban J connectivity index is 1.59. The molecule has 1 aliphatic rings. The zero-order chi connectivity index (χ0) is 17.4. The molecule has 0 amide bonds. The Bertz CT molecular complexity index is 901. The fraction of sp³-hybridized carbons (Fsp3) is 0.316. The van der Waals surface area contributed by atoms with Gasteiger partial charge in [0, 0.05) is 23.9 Å². The van der Waals surface area contributed by atoms with Gasteiger partial charge >= 0.3 is 0 Å². The van der Waals surface area contributed by atoms with Crippen LogP contribution in [0.5, 0.6) is 0 Å². The second-order valence-electron chi connectivity index (χ2n) is 6.38. The average molecular weight is 337 g/mol. The van der Waals surface area contributed by atoms with E-state index >= 15 is 0 Å². The van der Waals surface area contributed by atoms with Crippen LogP contribution >= 0.6 is 0 Å². The number of benzene rings is 1. The van der Waals surface area contributed by atoms with Crippen molar-refractivity contribution in [2.24, 2.45) is 0 Å². The number of anilines is 1. The number of hydrogen-bond donors (Lipinski definition) is 0. The highest BCUT2D eigenvalue weighted by Crippen LogP contribution is 2.29. The molecule has 1 aliphatic heterocycles. The summed E-state index contributed by atoms with van der Waals surface area (Å²) in [6.07, 6.45) is 4.76. The third-order valence-corrected chi connectivity index (χ3v) is 4.63. The van der Waals surface area contributed by atoms with E-state index in [4.69, 9.17) is 0 Å². The molecule has 4 rings (SSSR count). The van der Waals surface area contributed by atoms with E-state index in [0.29, 0.717) is 6.54 Å². The second-order valence-corrected chi connectivity index (χ2v) is 6.38. The molecule has 0 saturated heterocycles. The van der Waals surface area contributed by atoms with Crippen molar-refractivity contribution >= 4 is 5.82 Å². The molecular formula is C19H20FN5. The predicted molar refractivity (Wildman–Crippen MR) is 93.8 cm³/mol. The lowest BCUT2D eigenvalue weighted by Gasteiger charge is -2.20. The summed E-state index contributed by atoms with van der Waals surface area (Å²) in [5.74, 6) is 1.59. The summed E-state index contributed by atoms with van der Waals surface area (Å²) in [7, 11) is 0. The fourth-order valence-electron chi connectivity index (χ4n) is 3.26. The van der Waals surface area contributed by atoms with E-state index in [2.05, 4.69) is 26.9 Å². The zero-order valence-electron chi connectivity index (χ0n) is 14.4. The lowest BCUT2D eigenvalue weighted by Crippen LogP contribution is -2.20. The summed E-state index contributed by atoms with van der Waals surface area (Å²) in [5, 5.41) is 4.51. The highest BCUT2D eigenvalue weighted by molar-refractivity contribution is 5.50. The van der Waals surface area contributed by atoms with Crippen molar-refractivity contribution in [1.29, 1.82) is 0 Å². The van der Waals surface area contributed by atoms with E-state index in [1.807, 2.05) is 24.0 Å². The van der Waals surface area contributed by atoms with E-state index in [9.17, 15) is 4.39 Å². The molecule has 25 heavy (non-hydrogen) atoms. The summed E-state index contributed by atoms with van der Waals surface area (Å²) < 4.78 is 15.1. The van der Waals surface area contributed by atoms with Crippen LogP contribution in [0.25, 0.3) is 0 Å². The SMILES string of the molecule is CCc1cnc(C)nc1N1Cc2cnn(Cc3ccc(F)cc3)c2C1. The number of hydrogen-bond acceptors (Lipinski definition) is 4. The minimum Gasteiger partial charge on any atom is -0.346 e. The Hall–Kier alpha value is -2.76. The van der Waals surface area contributed by atoms with E-state index in [1.54, 1.807) is 12.1 Å². The normalized spacial score (nSPS) is 13.3. The number of fused-ring (bicyclic) bond motifs is 1. The Labute approximate surface area is 146 Å². The molecule has 0 N–H and O–H groups in total. The highest BCUT2D eigenvalue weighted by Gasteiger charge is 2.26. The molecule has 3 heterocycles. The van der Waals surface area contributed by atoms with Gasteiger partial charge in [-0.05, 0) is 31.0 Å². The molecule has 0 saturated carbocycles. The molecule has 0 radical (unpaired) electrons. The smallest absolute Gasteiger partial charge is 0.136 e. The van der Waals surface area contributed by atoms with E-state index < -0.39 is 0 Å². The van der Waals surface area contributed by atoms with Crippen LogP contribution in [0.15, 0.2) is 36.7 Å². The second kappa shape index (κ2) is 6.27. The maximum Gasteiger partial charge on any atom is 0.136 e. The Morgan fingerprint density at radius 2 is 1.92 bits per heavy atom. The average Bonchev–Trinajstić information content (AvgIpc) is 3.19. The predicted octanol–water partition coefficient (Wildman–Crippen LogP) is 3.25. The molecule has 2 aromatic heterocycles. The maximum absolute atomic E-state index is 13.1. The molecule has 0 aliphatic carbocycles. The largest absolute Gasteiger partial charge is 0.346 e. The number of aromatic nitrogens is 4. The van der Waals surface area contributed by atoms with Crippen LogP contribution in [-0.4, -0.2) is 19.7 Å². The molecule has 128 valence electrons. The van der Waals surface area contributed by atoms with Crippen LogP contribution in [-0.2, 0) is 26.1 Å². The van der Waals surface area contributed by atoms with E-state index in [1.165, 1.54) is 23.4 Å². The number of nitrogens with zero attached hydrogens (tertiary/aromatic N) is 5. The van der Waals surface area contributed by atoms with Crippen LogP contribution in [0.4, 0.5) is 10.2 Å². The first-order valence-corrected chi connectivity index (χ1v) is 8.49. The van der Waals surface area contributed by atoms with Crippen molar-refractivity contribution in [3.05, 3.63) is 70.7 Å². The van der Waals surface area contributed by atoms with Crippen LogP contribution in [0.3, 0.4) is 0 Å². The molecule has 0 bridgehead atoms. The van der Waals surface area contributed by atoms with Crippen molar-refractivity contribution in [3.63, 3.8) is 0 Å². The molecular weight excluding hydrogens is 317 g/mol. The third kappa shape index (κ3) is 2.99. The van der Waals surface area contributed by atoms with Gasteiger partial charge in [0.25, 0.3) is 0 Å². The van der Waals surface area contributed by atoms with Crippen LogP contribution < -0.4 is 4.90 Å². The van der Waals surface area contributed by atoms with Gasteiger partial charge in [0.1, 0.15) is 17.5 Å². The first-order chi connectivity index (χ1) is 12.1. The summed E-state index contributed by atoms with van der Waals surface area (Å²) in [6.45, 7) is 6.27. The van der Waals surface area contributed by atoms with Gasteiger partial charge in [-0.3, -0.25) is 4.68 Å². The number of halogens is 1. The van der Waals surface area contributed by atoms with Gasteiger partial charge in [0.2, 0.25) is 0 Å². The first kappa shape index (κ1) is 15.7. The van der Waals surface area contributed by atoms with Crippen LogP contribution in [0.2, 0.25) is 0 Å². The monoisotopic (exact) mass is 337 g/mol. The van der Waals surface area contributed by atoms with Crippen molar-refractivity contribution in [2.75, 3.05) is 4.90 Å². The van der Waals surface area contributed by atoms with Crippen LogP contribution in [0.1, 0.15) is 35.1 Å². The molecule has 6 heteroatoms. The highest BCUT2D eigenvalue weighted by atomic mass is 19.1. The Kier molecular flexibility index (Phi) is 3.95. The minimum atomic E-state index is -0.216. The third-order valence-electron chi connectivity index (χ3n) is 4.63. The molecule has 0 atom stereocenters. The Morgan fingerprint density at radius 1 is 1.12 bits per heavy atom. The van der Waals surface area contributed by atoms with Gasteiger partial charge in [-0.25, -0.2) is 14.4 Å². The minimum absolute atomic E-state index is 0.216. The van der Waals surface area contributed by atoms with E-state index in [-0.39, 0.29) is 5.82 Å².